The third kappa shape index (κ3) is 3.87. The van der Waals surface area contributed by atoms with Crippen molar-refractivity contribution >= 4 is 11.9 Å². The van der Waals surface area contributed by atoms with Crippen LogP contribution in [0, 0.1) is 5.82 Å². The number of aromatic carboxylic acids is 1. The Morgan fingerprint density at radius 3 is 2.60 bits per heavy atom. The molecule has 2 aromatic carbocycles. The van der Waals surface area contributed by atoms with Gasteiger partial charge in [0.1, 0.15) is 5.82 Å². The summed E-state index contributed by atoms with van der Waals surface area (Å²) in [4.78, 5) is 25.5. The monoisotopic (exact) mass is 341 g/mol. The standard InChI is InChI=1S/C20H20FNO3/c1-13-9-17(15-5-7-18(21)8-6-15)12-22(13)19(23)11-14-3-2-4-16(10-14)20(24)25/h2-8,10,13,17H,9,11-12H2,1H3,(H,24,25). The summed E-state index contributed by atoms with van der Waals surface area (Å²) >= 11 is 0. The summed E-state index contributed by atoms with van der Waals surface area (Å²) in [5, 5.41) is 9.06. The minimum atomic E-state index is -1.000. The van der Waals surface area contributed by atoms with Crippen LogP contribution in [-0.4, -0.2) is 34.5 Å². The summed E-state index contributed by atoms with van der Waals surface area (Å²) in [6, 6.07) is 13.0. The number of carbonyl (C=O) groups is 2. The fourth-order valence-electron chi connectivity index (χ4n) is 3.45. The zero-order valence-electron chi connectivity index (χ0n) is 14.0. The molecule has 5 heteroatoms. The first-order valence-electron chi connectivity index (χ1n) is 8.31. The third-order valence-corrected chi connectivity index (χ3v) is 4.77. The zero-order valence-corrected chi connectivity index (χ0v) is 14.0. The van der Waals surface area contributed by atoms with Gasteiger partial charge in [-0.25, -0.2) is 9.18 Å². The minimum Gasteiger partial charge on any atom is -0.478 e. The maximum absolute atomic E-state index is 13.1. The molecule has 3 rings (SSSR count). The van der Waals surface area contributed by atoms with E-state index in [1.165, 1.54) is 18.2 Å². The summed E-state index contributed by atoms with van der Waals surface area (Å²) in [5.74, 6) is -1.08. The van der Waals surface area contributed by atoms with Crippen molar-refractivity contribution < 1.29 is 19.1 Å². The molecule has 1 aliphatic rings. The second kappa shape index (κ2) is 7.05. The van der Waals surface area contributed by atoms with E-state index in [1.807, 2.05) is 11.8 Å². The molecular weight excluding hydrogens is 321 g/mol. The molecule has 25 heavy (non-hydrogen) atoms. The van der Waals surface area contributed by atoms with Gasteiger partial charge in [0.2, 0.25) is 5.91 Å². The molecule has 4 nitrogen and oxygen atoms in total. The molecule has 1 N–H and O–H groups in total. The average Bonchev–Trinajstić information content (AvgIpc) is 2.97. The summed E-state index contributed by atoms with van der Waals surface area (Å²) in [6.07, 6.45) is 1.02. The Morgan fingerprint density at radius 2 is 1.92 bits per heavy atom. The molecule has 0 aromatic heterocycles. The SMILES string of the molecule is CC1CC(c2ccc(F)cc2)CN1C(=O)Cc1cccc(C(=O)O)c1. The Kier molecular flexibility index (Phi) is 4.83. The number of carboxylic acids is 1. The summed E-state index contributed by atoms with van der Waals surface area (Å²) < 4.78 is 13.1. The second-order valence-corrected chi connectivity index (χ2v) is 6.56. The molecule has 1 heterocycles. The van der Waals surface area contributed by atoms with Crippen LogP contribution in [0.25, 0.3) is 0 Å². The molecule has 1 amide bonds. The van der Waals surface area contributed by atoms with E-state index in [-0.39, 0.29) is 35.7 Å². The van der Waals surface area contributed by atoms with Crippen LogP contribution in [0.5, 0.6) is 0 Å². The number of carboxylic acid groups (broad SMARTS) is 1. The molecule has 1 aliphatic heterocycles. The summed E-state index contributed by atoms with van der Waals surface area (Å²) in [7, 11) is 0. The predicted octanol–water partition coefficient (Wildman–Crippen LogP) is 3.47. The van der Waals surface area contributed by atoms with Crippen LogP contribution in [0.2, 0.25) is 0 Å². The number of hydrogen-bond acceptors (Lipinski definition) is 2. The lowest BCUT2D eigenvalue weighted by atomic mass is 9.97. The van der Waals surface area contributed by atoms with Gasteiger partial charge in [-0.05, 0) is 48.7 Å². The normalized spacial score (nSPS) is 19.8. The van der Waals surface area contributed by atoms with Crippen LogP contribution in [0.3, 0.4) is 0 Å². The van der Waals surface area contributed by atoms with Crippen molar-refractivity contribution in [2.24, 2.45) is 0 Å². The van der Waals surface area contributed by atoms with Crippen LogP contribution < -0.4 is 0 Å². The van der Waals surface area contributed by atoms with Gasteiger partial charge >= 0.3 is 5.97 Å². The Labute approximate surface area is 145 Å². The first kappa shape index (κ1) is 17.1. The largest absolute Gasteiger partial charge is 0.478 e. The van der Waals surface area contributed by atoms with Crippen molar-refractivity contribution in [3.63, 3.8) is 0 Å². The van der Waals surface area contributed by atoms with Gasteiger partial charge in [0.25, 0.3) is 0 Å². The van der Waals surface area contributed by atoms with Crippen molar-refractivity contribution in [1.29, 1.82) is 0 Å². The van der Waals surface area contributed by atoms with Crippen molar-refractivity contribution in [2.75, 3.05) is 6.54 Å². The number of carbonyl (C=O) groups excluding carboxylic acids is 1. The van der Waals surface area contributed by atoms with E-state index >= 15 is 0 Å². The van der Waals surface area contributed by atoms with Gasteiger partial charge in [-0.3, -0.25) is 4.79 Å². The molecule has 0 spiro atoms. The van der Waals surface area contributed by atoms with Crippen molar-refractivity contribution in [3.8, 4) is 0 Å². The van der Waals surface area contributed by atoms with Gasteiger partial charge < -0.3 is 10.0 Å². The molecule has 2 unspecified atom stereocenters. The topological polar surface area (TPSA) is 57.6 Å². The van der Waals surface area contributed by atoms with Crippen molar-refractivity contribution in [1.82, 2.24) is 4.90 Å². The van der Waals surface area contributed by atoms with E-state index in [1.54, 1.807) is 30.3 Å². The zero-order chi connectivity index (χ0) is 18.0. The van der Waals surface area contributed by atoms with Crippen LogP contribution in [-0.2, 0) is 11.2 Å². The molecule has 2 atom stereocenters. The number of amides is 1. The van der Waals surface area contributed by atoms with E-state index in [0.29, 0.717) is 12.1 Å². The lowest BCUT2D eigenvalue weighted by Gasteiger charge is -2.21. The fraction of sp³-hybridized carbons (Fsp3) is 0.300. The number of halogens is 1. The van der Waals surface area contributed by atoms with Gasteiger partial charge in [0, 0.05) is 18.5 Å². The van der Waals surface area contributed by atoms with E-state index in [0.717, 1.165) is 12.0 Å². The maximum atomic E-state index is 13.1. The lowest BCUT2D eigenvalue weighted by molar-refractivity contribution is -0.131. The molecule has 130 valence electrons. The Morgan fingerprint density at radius 1 is 1.20 bits per heavy atom. The fourth-order valence-corrected chi connectivity index (χ4v) is 3.45. The van der Waals surface area contributed by atoms with Crippen LogP contribution in [0.1, 0.15) is 40.7 Å². The molecule has 2 aromatic rings. The van der Waals surface area contributed by atoms with Crippen molar-refractivity contribution in [3.05, 3.63) is 71.0 Å². The van der Waals surface area contributed by atoms with E-state index < -0.39 is 5.97 Å². The Balaban J connectivity index is 1.69. The average molecular weight is 341 g/mol. The van der Waals surface area contributed by atoms with Crippen molar-refractivity contribution in [2.45, 2.75) is 31.7 Å². The van der Waals surface area contributed by atoms with Gasteiger partial charge in [-0.1, -0.05) is 24.3 Å². The number of benzene rings is 2. The van der Waals surface area contributed by atoms with Crippen LogP contribution in [0.15, 0.2) is 48.5 Å². The number of nitrogens with zero attached hydrogens (tertiary/aromatic N) is 1. The van der Waals surface area contributed by atoms with Crippen LogP contribution >= 0.6 is 0 Å². The third-order valence-electron chi connectivity index (χ3n) is 4.77. The highest BCUT2D eigenvalue weighted by Gasteiger charge is 2.33. The Bertz CT molecular complexity index is 788. The molecule has 0 aliphatic carbocycles. The van der Waals surface area contributed by atoms with Gasteiger partial charge in [0.05, 0.1) is 12.0 Å². The molecule has 0 saturated carbocycles. The molecule has 0 radical (unpaired) electrons. The molecule has 1 saturated heterocycles. The van der Waals surface area contributed by atoms with E-state index in [2.05, 4.69) is 0 Å². The van der Waals surface area contributed by atoms with Crippen LogP contribution in [0.4, 0.5) is 4.39 Å². The highest BCUT2D eigenvalue weighted by Crippen LogP contribution is 2.32. The van der Waals surface area contributed by atoms with Gasteiger partial charge in [-0.2, -0.15) is 0 Å². The molecular formula is C20H20FNO3. The maximum Gasteiger partial charge on any atom is 0.335 e. The van der Waals surface area contributed by atoms with Gasteiger partial charge in [-0.15, -0.1) is 0 Å². The molecule has 1 fully saturated rings. The second-order valence-electron chi connectivity index (χ2n) is 6.56. The predicted molar refractivity (Wildman–Crippen MR) is 92.0 cm³/mol. The highest BCUT2D eigenvalue weighted by atomic mass is 19.1. The number of likely N-dealkylation sites (tertiary alicyclic amines) is 1. The van der Waals surface area contributed by atoms with E-state index in [4.69, 9.17) is 5.11 Å². The lowest BCUT2D eigenvalue weighted by Crippen LogP contribution is -2.35. The number of hydrogen-bond donors (Lipinski definition) is 1. The number of rotatable bonds is 4. The summed E-state index contributed by atoms with van der Waals surface area (Å²) in [6.45, 7) is 2.61. The highest BCUT2D eigenvalue weighted by molar-refractivity contribution is 5.88. The first-order chi connectivity index (χ1) is 11.9. The minimum absolute atomic E-state index is 0.0142. The summed E-state index contributed by atoms with van der Waals surface area (Å²) in [5.41, 5.74) is 1.92. The van der Waals surface area contributed by atoms with Gasteiger partial charge in [0.15, 0.2) is 0 Å². The smallest absolute Gasteiger partial charge is 0.335 e. The molecule has 0 bridgehead atoms. The first-order valence-corrected chi connectivity index (χ1v) is 8.31. The quantitative estimate of drug-likeness (QED) is 0.926. The Hall–Kier alpha value is -2.69. The van der Waals surface area contributed by atoms with E-state index in [9.17, 15) is 14.0 Å².